The number of hydrogen-bond donors (Lipinski definition) is 1. The minimum atomic E-state index is 0.772. The predicted molar refractivity (Wildman–Crippen MR) is 45.0 cm³/mol. The molecule has 1 fully saturated rings. The van der Waals surface area contributed by atoms with Gasteiger partial charge in [-0.15, -0.1) is 0 Å². The Balaban J connectivity index is 2.45. The van der Waals surface area contributed by atoms with Gasteiger partial charge < -0.3 is 5.32 Å². The molecule has 0 aliphatic heterocycles. The van der Waals surface area contributed by atoms with Crippen molar-refractivity contribution in [1.82, 2.24) is 5.32 Å². The Bertz CT molecular complexity index is 90.9. The SMILES string of the molecule is CNC1C(C)CCCC1C. The van der Waals surface area contributed by atoms with Crippen LogP contribution in [-0.4, -0.2) is 13.1 Å². The maximum absolute atomic E-state index is 3.40. The van der Waals surface area contributed by atoms with Gasteiger partial charge in [0.25, 0.3) is 0 Å². The van der Waals surface area contributed by atoms with Gasteiger partial charge in [-0.2, -0.15) is 0 Å². The zero-order valence-corrected chi connectivity index (χ0v) is 7.35. The van der Waals surface area contributed by atoms with E-state index in [0.717, 1.165) is 17.9 Å². The van der Waals surface area contributed by atoms with E-state index in [0.29, 0.717) is 0 Å². The summed E-state index contributed by atoms with van der Waals surface area (Å²) >= 11 is 0. The molecule has 0 radical (unpaired) electrons. The molecule has 2 unspecified atom stereocenters. The largest absolute Gasteiger partial charge is 0.316 e. The summed E-state index contributed by atoms with van der Waals surface area (Å²) in [5.74, 6) is 1.77. The Kier molecular flexibility index (Phi) is 2.72. The van der Waals surface area contributed by atoms with Crippen molar-refractivity contribution in [3.63, 3.8) is 0 Å². The first-order chi connectivity index (χ1) is 4.75. The molecular weight excluding hydrogens is 122 g/mol. The van der Waals surface area contributed by atoms with Crippen LogP contribution in [0.25, 0.3) is 0 Å². The first-order valence-electron chi connectivity index (χ1n) is 4.43. The molecule has 60 valence electrons. The van der Waals surface area contributed by atoms with Gasteiger partial charge in [-0.05, 0) is 31.7 Å². The van der Waals surface area contributed by atoms with E-state index in [1.54, 1.807) is 0 Å². The fraction of sp³-hybridized carbons (Fsp3) is 1.00. The lowest BCUT2D eigenvalue weighted by Crippen LogP contribution is -2.40. The zero-order valence-electron chi connectivity index (χ0n) is 7.35. The van der Waals surface area contributed by atoms with Crippen LogP contribution in [0.5, 0.6) is 0 Å². The van der Waals surface area contributed by atoms with E-state index in [1.807, 2.05) is 0 Å². The van der Waals surface area contributed by atoms with Crippen LogP contribution in [0.4, 0.5) is 0 Å². The summed E-state index contributed by atoms with van der Waals surface area (Å²) in [6.07, 6.45) is 4.26. The van der Waals surface area contributed by atoms with Crippen molar-refractivity contribution in [3.8, 4) is 0 Å². The third kappa shape index (κ3) is 1.51. The van der Waals surface area contributed by atoms with E-state index >= 15 is 0 Å². The third-order valence-electron chi connectivity index (χ3n) is 2.88. The van der Waals surface area contributed by atoms with Crippen LogP contribution in [0.1, 0.15) is 33.1 Å². The fourth-order valence-electron chi connectivity index (χ4n) is 2.25. The van der Waals surface area contributed by atoms with Gasteiger partial charge in [-0.25, -0.2) is 0 Å². The third-order valence-corrected chi connectivity index (χ3v) is 2.88. The first-order valence-corrected chi connectivity index (χ1v) is 4.43. The minimum absolute atomic E-state index is 0.772. The second-order valence-electron chi connectivity index (χ2n) is 3.70. The van der Waals surface area contributed by atoms with Crippen molar-refractivity contribution in [2.45, 2.75) is 39.2 Å². The molecule has 0 saturated heterocycles. The summed E-state index contributed by atoms with van der Waals surface area (Å²) in [7, 11) is 2.09. The van der Waals surface area contributed by atoms with E-state index in [4.69, 9.17) is 0 Å². The molecular formula is C9H19N. The Morgan fingerprint density at radius 3 is 1.90 bits per heavy atom. The molecule has 0 aromatic carbocycles. The van der Waals surface area contributed by atoms with Gasteiger partial charge in [0.2, 0.25) is 0 Å². The number of hydrogen-bond acceptors (Lipinski definition) is 1. The van der Waals surface area contributed by atoms with E-state index in [1.165, 1.54) is 19.3 Å². The van der Waals surface area contributed by atoms with Gasteiger partial charge in [-0.1, -0.05) is 20.3 Å². The van der Waals surface area contributed by atoms with E-state index in [2.05, 4.69) is 26.2 Å². The molecule has 1 aliphatic carbocycles. The van der Waals surface area contributed by atoms with Gasteiger partial charge in [0.05, 0.1) is 0 Å². The van der Waals surface area contributed by atoms with E-state index in [-0.39, 0.29) is 0 Å². The quantitative estimate of drug-likeness (QED) is 0.589. The second-order valence-corrected chi connectivity index (χ2v) is 3.70. The number of nitrogens with one attached hydrogen (secondary N) is 1. The van der Waals surface area contributed by atoms with Crippen molar-refractivity contribution in [2.75, 3.05) is 7.05 Å². The molecule has 1 nitrogen and oxygen atoms in total. The van der Waals surface area contributed by atoms with Crippen LogP contribution in [0.3, 0.4) is 0 Å². The van der Waals surface area contributed by atoms with Crippen LogP contribution >= 0.6 is 0 Å². The lowest BCUT2D eigenvalue weighted by Gasteiger charge is -2.34. The highest BCUT2D eigenvalue weighted by Crippen LogP contribution is 2.28. The molecule has 0 aromatic rings. The van der Waals surface area contributed by atoms with Crippen LogP contribution in [0.15, 0.2) is 0 Å². The topological polar surface area (TPSA) is 12.0 Å². The summed E-state index contributed by atoms with van der Waals surface area (Å²) in [4.78, 5) is 0. The number of rotatable bonds is 1. The van der Waals surface area contributed by atoms with E-state index < -0.39 is 0 Å². The van der Waals surface area contributed by atoms with Crippen molar-refractivity contribution in [1.29, 1.82) is 0 Å². The van der Waals surface area contributed by atoms with Gasteiger partial charge >= 0.3 is 0 Å². The minimum Gasteiger partial charge on any atom is -0.316 e. The Morgan fingerprint density at radius 2 is 1.60 bits per heavy atom. The molecule has 0 spiro atoms. The molecule has 0 bridgehead atoms. The van der Waals surface area contributed by atoms with Crippen LogP contribution in [-0.2, 0) is 0 Å². The predicted octanol–water partition coefficient (Wildman–Crippen LogP) is 2.03. The molecule has 0 heterocycles. The van der Waals surface area contributed by atoms with Crippen molar-refractivity contribution >= 4 is 0 Å². The lowest BCUT2D eigenvalue weighted by atomic mass is 9.79. The van der Waals surface area contributed by atoms with Gasteiger partial charge in [0, 0.05) is 6.04 Å². The molecule has 1 N–H and O–H groups in total. The Morgan fingerprint density at radius 1 is 1.10 bits per heavy atom. The Labute approximate surface area is 64.2 Å². The summed E-state index contributed by atoms with van der Waals surface area (Å²) < 4.78 is 0. The smallest absolute Gasteiger partial charge is 0.0115 e. The molecule has 1 aliphatic rings. The Hall–Kier alpha value is -0.0400. The average Bonchev–Trinajstić information content (AvgIpc) is 1.88. The summed E-state index contributed by atoms with van der Waals surface area (Å²) in [5, 5.41) is 3.40. The van der Waals surface area contributed by atoms with Crippen molar-refractivity contribution < 1.29 is 0 Å². The molecule has 0 amide bonds. The fourth-order valence-corrected chi connectivity index (χ4v) is 2.25. The molecule has 2 atom stereocenters. The van der Waals surface area contributed by atoms with Crippen molar-refractivity contribution in [3.05, 3.63) is 0 Å². The first kappa shape index (κ1) is 8.06. The monoisotopic (exact) mass is 141 g/mol. The lowest BCUT2D eigenvalue weighted by molar-refractivity contribution is 0.219. The van der Waals surface area contributed by atoms with Gasteiger partial charge in [-0.3, -0.25) is 0 Å². The second kappa shape index (κ2) is 3.38. The standard InChI is InChI=1S/C9H19N/c1-7-5-4-6-8(2)9(7)10-3/h7-10H,4-6H2,1-3H3. The van der Waals surface area contributed by atoms with Crippen LogP contribution in [0.2, 0.25) is 0 Å². The molecule has 1 rings (SSSR count). The van der Waals surface area contributed by atoms with Crippen molar-refractivity contribution in [2.24, 2.45) is 11.8 Å². The van der Waals surface area contributed by atoms with Gasteiger partial charge in [0.1, 0.15) is 0 Å². The average molecular weight is 141 g/mol. The van der Waals surface area contributed by atoms with Crippen LogP contribution in [0, 0.1) is 11.8 Å². The highest BCUT2D eigenvalue weighted by molar-refractivity contribution is 4.81. The maximum Gasteiger partial charge on any atom is 0.0115 e. The molecule has 1 heteroatoms. The molecule has 1 saturated carbocycles. The molecule has 0 aromatic heterocycles. The normalized spacial score (nSPS) is 41.7. The van der Waals surface area contributed by atoms with Gasteiger partial charge in [0.15, 0.2) is 0 Å². The summed E-state index contributed by atoms with van der Waals surface area (Å²) in [5.41, 5.74) is 0. The zero-order chi connectivity index (χ0) is 7.56. The summed E-state index contributed by atoms with van der Waals surface area (Å²) in [6, 6.07) is 0.772. The van der Waals surface area contributed by atoms with Crippen LogP contribution < -0.4 is 5.32 Å². The maximum atomic E-state index is 3.40. The highest BCUT2D eigenvalue weighted by atomic mass is 14.9. The molecule has 10 heavy (non-hydrogen) atoms. The highest BCUT2D eigenvalue weighted by Gasteiger charge is 2.25. The summed E-state index contributed by atoms with van der Waals surface area (Å²) in [6.45, 7) is 4.72. The van der Waals surface area contributed by atoms with E-state index in [9.17, 15) is 0 Å².